The van der Waals surface area contributed by atoms with Gasteiger partial charge in [-0.05, 0) is 24.3 Å². The normalized spacial score (nSPS) is 18.2. The highest BCUT2D eigenvalue weighted by Gasteiger charge is 2.18. The monoisotopic (exact) mass is 199 g/mol. The van der Waals surface area contributed by atoms with Gasteiger partial charge in [-0.25, -0.2) is 0 Å². The van der Waals surface area contributed by atoms with Crippen LogP contribution < -0.4 is 5.32 Å². The molecule has 0 aliphatic rings. The van der Waals surface area contributed by atoms with Crippen molar-refractivity contribution in [1.29, 1.82) is 0 Å². The molecule has 0 aliphatic carbocycles. The molecule has 0 radical (unpaired) electrons. The quantitative estimate of drug-likeness (QED) is 0.659. The fourth-order valence-corrected chi connectivity index (χ4v) is 1.89. The average Bonchev–Trinajstić information content (AvgIpc) is 2.13. The highest BCUT2D eigenvalue weighted by Crippen LogP contribution is 2.23. The smallest absolute Gasteiger partial charge is 0.00104 e. The molecule has 0 rings (SSSR count). The summed E-state index contributed by atoms with van der Waals surface area (Å²) in [6.45, 7) is 15.0. The van der Waals surface area contributed by atoms with Crippen molar-refractivity contribution in [3.05, 3.63) is 0 Å². The van der Waals surface area contributed by atoms with Crippen molar-refractivity contribution >= 4 is 0 Å². The van der Waals surface area contributed by atoms with E-state index < -0.39 is 0 Å². The Labute approximate surface area is 90.7 Å². The van der Waals surface area contributed by atoms with Gasteiger partial charge in [-0.1, -0.05) is 54.4 Å². The minimum atomic E-state index is 0.617. The Hall–Kier alpha value is -0.0400. The van der Waals surface area contributed by atoms with Crippen LogP contribution in [0.15, 0.2) is 0 Å². The number of hydrogen-bond acceptors (Lipinski definition) is 1. The van der Waals surface area contributed by atoms with E-state index in [1.54, 1.807) is 0 Å². The zero-order valence-corrected chi connectivity index (χ0v) is 10.9. The van der Waals surface area contributed by atoms with Crippen molar-refractivity contribution in [1.82, 2.24) is 5.32 Å². The minimum absolute atomic E-state index is 0.617. The molecule has 1 heteroatoms. The van der Waals surface area contributed by atoms with Gasteiger partial charge in [0.2, 0.25) is 0 Å². The van der Waals surface area contributed by atoms with Crippen molar-refractivity contribution in [2.45, 2.75) is 60.4 Å². The summed E-state index contributed by atoms with van der Waals surface area (Å²) in [5.74, 6) is 2.49. The van der Waals surface area contributed by atoms with Gasteiger partial charge < -0.3 is 5.32 Å². The van der Waals surface area contributed by atoms with Crippen LogP contribution in [0.4, 0.5) is 0 Å². The fraction of sp³-hybridized carbons (Fsp3) is 1.00. The second-order valence-electron chi connectivity index (χ2n) is 5.17. The summed E-state index contributed by atoms with van der Waals surface area (Å²) in [7, 11) is 0. The van der Waals surface area contributed by atoms with Gasteiger partial charge in [0.1, 0.15) is 0 Å². The molecule has 0 saturated heterocycles. The summed E-state index contributed by atoms with van der Waals surface area (Å²) in [5.41, 5.74) is 0. The summed E-state index contributed by atoms with van der Waals surface area (Å²) in [6.07, 6.45) is 2.68. The van der Waals surface area contributed by atoms with Gasteiger partial charge in [0.05, 0.1) is 0 Å². The van der Waals surface area contributed by atoms with Crippen LogP contribution in [0.25, 0.3) is 0 Å². The standard InChI is InChI=1S/C13H29N/c1-7-8-11(4)13(6)12(5)9-14-10(2)3/h10-14H,7-9H2,1-6H3. The van der Waals surface area contributed by atoms with Crippen molar-refractivity contribution in [2.24, 2.45) is 17.8 Å². The predicted octanol–water partition coefficient (Wildman–Crippen LogP) is 3.69. The zero-order valence-electron chi connectivity index (χ0n) is 10.9. The lowest BCUT2D eigenvalue weighted by Gasteiger charge is -2.27. The van der Waals surface area contributed by atoms with Gasteiger partial charge in [0.25, 0.3) is 0 Å². The molecule has 0 aromatic heterocycles. The van der Waals surface area contributed by atoms with Crippen LogP contribution in [0.3, 0.4) is 0 Å². The molecule has 1 nitrogen and oxygen atoms in total. The summed E-state index contributed by atoms with van der Waals surface area (Å²) in [6, 6.07) is 0.617. The molecule has 1 N–H and O–H groups in total. The average molecular weight is 199 g/mol. The minimum Gasteiger partial charge on any atom is -0.314 e. The first-order chi connectivity index (χ1) is 6.49. The Kier molecular flexibility index (Phi) is 7.26. The third-order valence-corrected chi connectivity index (χ3v) is 3.39. The summed E-state index contributed by atoms with van der Waals surface area (Å²) >= 11 is 0. The fourth-order valence-electron chi connectivity index (χ4n) is 1.89. The number of nitrogens with one attached hydrogen (secondary N) is 1. The Balaban J connectivity index is 3.79. The van der Waals surface area contributed by atoms with E-state index >= 15 is 0 Å². The molecule has 3 unspecified atom stereocenters. The lowest BCUT2D eigenvalue weighted by molar-refractivity contribution is 0.254. The molecule has 0 aliphatic heterocycles. The molecule has 3 atom stereocenters. The summed E-state index contributed by atoms with van der Waals surface area (Å²) in [4.78, 5) is 0. The summed E-state index contributed by atoms with van der Waals surface area (Å²) in [5, 5.41) is 3.52. The molecule has 14 heavy (non-hydrogen) atoms. The van der Waals surface area contributed by atoms with Crippen LogP contribution in [0.5, 0.6) is 0 Å². The van der Waals surface area contributed by atoms with E-state index in [1.807, 2.05) is 0 Å². The molecular weight excluding hydrogens is 170 g/mol. The third-order valence-electron chi connectivity index (χ3n) is 3.39. The van der Waals surface area contributed by atoms with Crippen molar-refractivity contribution in [3.63, 3.8) is 0 Å². The lowest BCUT2D eigenvalue weighted by atomic mass is 9.82. The Morgan fingerprint density at radius 1 is 0.929 bits per heavy atom. The molecule has 0 heterocycles. The van der Waals surface area contributed by atoms with E-state index in [-0.39, 0.29) is 0 Å². The molecule has 0 aromatic rings. The maximum absolute atomic E-state index is 3.52. The molecule has 0 bridgehead atoms. The van der Waals surface area contributed by atoms with Crippen LogP contribution in [-0.4, -0.2) is 12.6 Å². The third kappa shape index (κ3) is 5.64. The van der Waals surface area contributed by atoms with Gasteiger partial charge in [-0.3, -0.25) is 0 Å². The highest BCUT2D eigenvalue weighted by atomic mass is 14.9. The number of rotatable bonds is 7. The van der Waals surface area contributed by atoms with Gasteiger partial charge in [0, 0.05) is 6.04 Å². The first-order valence-electron chi connectivity index (χ1n) is 6.22. The van der Waals surface area contributed by atoms with Crippen LogP contribution >= 0.6 is 0 Å². The van der Waals surface area contributed by atoms with Gasteiger partial charge in [-0.15, -0.1) is 0 Å². The van der Waals surface area contributed by atoms with Crippen LogP contribution in [-0.2, 0) is 0 Å². The van der Waals surface area contributed by atoms with Crippen molar-refractivity contribution in [2.75, 3.05) is 6.54 Å². The number of hydrogen-bond donors (Lipinski definition) is 1. The molecule has 0 saturated carbocycles. The van der Waals surface area contributed by atoms with Crippen molar-refractivity contribution in [3.8, 4) is 0 Å². The van der Waals surface area contributed by atoms with Gasteiger partial charge >= 0.3 is 0 Å². The molecule has 86 valence electrons. The second-order valence-corrected chi connectivity index (χ2v) is 5.17. The molecule has 0 aromatic carbocycles. The van der Waals surface area contributed by atoms with E-state index in [4.69, 9.17) is 0 Å². The Bertz CT molecular complexity index is 131. The SMILES string of the molecule is CCCC(C)C(C)C(C)CNC(C)C. The molecular formula is C13H29N. The van der Waals surface area contributed by atoms with Crippen molar-refractivity contribution < 1.29 is 0 Å². The van der Waals surface area contributed by atoms with E-state index in [2.05, 4.69) is 46.9 Å². The van der Waals surface area contributed by atoms with Gasteiger partial charge in [0.15, 0.2) is 0 Å². The van der Waals surface area contributed by atoms with Gasteiger partial charge in [-0.2, -0.15) is 0 Å². The van der Waals surface area contributed by atoms with Crippen LogP contribution in [0, 0.1) is 17.8 Å². The first kappa shape index (κ1) is 14.0. The van der Waals surface area contributed by atoms with Crippen LogP contribution in [0.1, 0.15) is 54.4 Å². The largest absolute Gasteiger partial charge is 0.314 e. The molecule has 0 fully saturated rings. The topological polar surface area (TPSA) is 12.0 Å². The Morgan fingerprint density at radius 2 is 1.50 bits per heavy atom. The maximum Gasteiger partial charge on any atom is 0.00104 e. The zero-order chi connectivity index (χ0) is 11.1. The van der Waals surface area contributed by atoms with E-state index in [9.17, 15) is 0 Å². The second kappa shape index (κ2) is 7.28. The molecule has 0 spiro atoms. The maximum atomic E-state index is 3.52. The Morgan fingerprint density at radius 3 is 1.93 bits per heavy atom. The van der Waals surface area contributed by atoms with E-state index in [0.717, 1.165) is 24.3 Å². The first-order valence-corrected chi connectivity index (χ1v) is 6.22. The van der Waals surface area contributed by atoms with E-state index in [0.29, 0.717) is 6.04 Å². The van der Waals surface area contributed by atoms with Crippen LogP contribution in [0.2, 0.25) is 0 Å². The van der Waals surface area contributed by atoms with E-state index in [1.165, 1.54) is 12.8 Å². The predicted molar refractivity (Wildman–Crippen MR) is 65.5 cm³/mol. The highest BCUT2D eigenvalue weighted by molar-refractivity contribution is 4.70. The summed E-state index contributed by atoms with van der Waals surface area (Å²) < 4.78 is 0. The molecule has 0 amide bonds. The lowest BCUT2D eigenvalue weighted by Crippen LogP contribution is -2.32.